The Labute approximate surface area is 158 Å². The van der Waals surface area contributed by atoms with Crippen LogP contribution in [-0.2, 0) is 12.5 Å². The third-order valence-electron chi connectivity index (χ3n) is 4.37. The summed E-state index contributed by atoms with van der Waals surface area (Å²) in [7, 11) is 1.82. The molecular formula is C20H24N6O. The molecule has 140 valence electrons. The third-order valence-corrected chi connectivity index (χ3v) is 4.37. The van der Waals surface area contributed by atoms with Crippen molar-refractivity contribution in [3.63, 3.8) is 0 Å². The molecule has 0 unspecified atom stereocenters. The van der Waals surface area contributed by atoms with Gasteiger partial charge in [0.15, 0.2) is 0 Å². The quantitative estimate of drug-likeness (QED) is 0.743. The number of aromatic nitrogens is 4. The maximum absolute atomic E-state index is 12.8. The number of carbonyl (C=O) groups excluding carboxylic acids is 1. The smallest absolute Gasteiger partial charge is 0.256 e. The Hall–Kier alpha value is -3.22. The second kappa shape index (κ2) is 6.83. The Kier molecular flexibility index (Phi) is 4.70. The van der Waals surface area contributed by atoms with Gasteiger partial charge in [0.05, 0.1) is 5.69 Å². The molecule has 0 fully saturated rings. The molecule has 0 radical (unpaired) electrons. The molecule has 0 aliphatic carbocycles. The molecule has 0 saturated carbocycles. The first kappa shape index (κ1) is 18.6. The molecule has 2 aromatic heterocycles. The lowest BCUT2D eigenvalue weighted by Crippen LogP contribution is -2.14. The lowest BCUT2D eigenvalue weighted by molar-refractivity contribution is 0.102. The van der Waals surface area contributed by atoms with Crippen LogP contribution in [0, 0.1) is 6.92 Å². The molecule has 0 spiro atoms. The van der Waals surface area contributed by atoms with E-state index in [-0.39, 0.29) is 17.3 Å². The average molecular weight is 364 g/mol. The number of benzene rings is 1. The van der Waals surface area contributed by atoms with Gasteiger partial charge in [-0.05, 0) is 30.2 Å². The maximum atomic E-state index is 12.8. The van der Waals surface area contributed by atoms with Crippen LogP contribution in [0.4, 0.5) is 11.8 Å². The highest BCUT2D eigenvalue weighted by Crippen LogP contribution is 2.26. The van der Waals surface area contributed by atoms with Crippen molar-refractivity contribution >= 4 is 17.7 Å². The largest absolute Gasteiger partial charge is 0.368 e. The summed E-state index contributed by atoms with van der Waals surface area (Å²) in [4.78, 5) is 20.8. The highest BCUT2D eigenvalue weighted by molar-refractivity contribution is 6.04. The number of aryl methyl sites for hydroxylation is 2. The topological polar surface area (TPSA) is 98.7 Å². The minimum Gasteiger partial charge on any atom is -0.368 e. The monoisotopic (exact) mass is 364 g/mol. The standard InChI is InChI=1S/C20H24N6O/c1-12-6-7-13(8-15(12)14-10-22-19(21)23-11-14)18(27)24-17-9-16(20(2,3)4)25-26(17)5/h6-11H,1-5H3,(H,24,27)(H2,21,22,23). The van der Waals surface area contributed by atoms with Crippen LogP contribution in [-0.4, -0.2) is 25.7 Å². The van der Waals surface area contributed by atoms with E-state index < -0.39 is 0 Å². The number of rotatable bonds is 3. The van der Waals surface area contributed by atoms with Gasteiger partial charge in [0.2, 0.25) is 5.95 Å². The van der Waals surface area contributed by atoms with E-state index in [1.54, 1.807) is 23.1 Å². The van der Waals surface area contributed by atoms with Crippen LogP contribution in [0.3, 0.4) is 0 Å². The number of nitrogens with one attached hydrogen (secondary N) is 1. The van der Waals surface area contributed by atoms with E-state index in [4.69, 9.17) is 5.73 Å². The van der Waals surface area contributed by atoms with E-state index in [1.165, 1.54) is 0 Å². The molecule has 1 amide bonds. The van der Waals surface area contributed by atoms with Gasteiger partial charge in [0, 0.05) is 42.0 Å². The molecule has 27 heavy (non-hydrogen) atoms. The van der Waals surface area contributed by atoms with E-state index >= 15 is 0 Å². The van der Waals surface area contributed by atoms with Crippen LogP contribution in [0.25, 0.3) is 11.1 Å². The van der Waals surface area contributed by atoms with Crippen molar-refractivity contribution in [1.82, 2.24) is 19.7 Å². The third kappa shape index (κ3) is 3.97. The zero-order valence-corrected chi connectivity index (χ0v) is 16.2. The molecule has 3 N–H and O–H groups in total. The molecule has 0 saturated heterocycles. The van der Waals surface area contributed by atoms with Gasteiger partial charge in [-0.1, -0.05) is 26.8 Å². The van der Waals surface area contributed by atoms with Gasteiger partial charge >= 0.3 is 0 Å². The fraction of sp³-hybridized carbons (Fsp3) is 0.300. The van der Waals surface area contributed by atoms with Crippen LogP contribution in [0.5, 0.6) is 0 Å². The molecule has 0 atom stereocenters. The average Bonchev–Trinajstić information content (AvgIpc) is 2.97. The Balaban J connectivity index is 1.89. The van der Waals surface area contributed by atoms with E-state index in [0.29, 0.717) is 11.4 Å². The molecular weight excluding hydrogens is 340 g/mol. The normalized spacial score (nSPS) is 11.4. The molecule has 3 aromatic rings. The zero-order valence-electron chi connectivity index (χ0n) is 16.2. The first-order valence-electron chi connectivity index (χ1n) is 8.69. The van der Waals surface area contributed by atoms with Gasteiger partial charge < -0.3 is 11.1 Å². The fourth-order valence-corrected chi connectivity index (χ4v) is 2.69. The van der Waals surface area contributed by atoms with Gasteiger partial charge in [-0.2, -0.15) is 5.10 Å². The summed E-state index contributed by atoms with van der Waals surface area (Å²) in [6.07, 6.45) is 3.31. The summed E-state index contributed by atoms with van der Waals surface area (Å²) in [6.45, 7) is 8.23. The summed E-state index contributed by atoms with van der Waals surface area (Å²) in [5.74, 6) is 0.676. The number of nitrogens with zero attached hydrogens (tertiary/aromatic N) is 4. The van der Waals surface area contributed by atoms with Crippen LogP contribution >= 0.6 is 0 Å². The molecule has 7 heteroatoms. The summed E-state index contributed by atoms with van der Waals surface area (Å²) >= 11 is 0. The number of nitrogens with two attached hydrogens (primary N) is 1. The number of anilines is 2. The Morgan fingerprint density at radius 1 is 1.15 bits per heavy atom. The fourth-order valence-electron chi connectivity index (χ4n) is 2.69. The highest BCUT2D eigenvalue weighted by Gasteiger charge is 2.20. The first-order valence-corrected chi connectivity index (χ1v) is 8.69. The number of nitrogen functional groups attached to an aromatic ring is 1. The van der Waals surface area contributed by atoms with Crippen LogP contribution < -0.4 is 11.1 Å². The lowest BCUT2D eigenvalue weighted by atomic mass is 9.92. The summed E-state index contributed by atoms with van der Waals surface area (Å²) in [6, 6.07) is 7.44. The van der Waals surface area contributed by atoms with Crippen molar-refractivity contribution in [2.45, 2.75) is 33.1 Å². The van der Waals surface area contributed by atoms with E-state index in [9.17, 15) is 4.79 Å². The lowest BCUT2D eigenvalue weighted by Gasteiger charge is -2.13. The zero-order chi connectivity index (χ0) is 19.8. The van der Waals surface area contributed by atoms with Crippen molar-refractivity contribution in [3.8, 4) is 11.1 Å². The van der Waals surface area contributed by atoms with E-state index in [0.717, 1.165) is 22.4 Å². The summed E-state index contributed by atoms with van der Waals surface area (Å²) in [5.41, 5.74) is 9.66. The van der Waals surface area contributed by atoms with Crippen LogP contribution in [0.1, 0.15) is 42.4 Å². The first-order chi connectivity index (χ1) is 12.6. The van der Waals surface area contributed by atoms with Crippen molar-refractivity contribution in [3.05, 3.63) is 53.5 Å². The Bertz CT molecular complexity index is 983. The van der Waals surface area contributed by atoms with Gasteiger partial charge in [-0.3, -0.25) is 9.48 Å². The highest BCUT2D eigenvalue weighted by atomic mass is 16.1. The molecule has 2 heterocycles. The Morgan fingerprint density at radius 3 is 2.41 bits per heavy atom. The molecule has 0 aliphatic heterocycles. The number of hydrogen-bond donors (Lipinski definition) is 2. The van der Waals surface area contributed by atoms with Crippen molar-refractivity contribution in [2.24, 2.45) is 7.05 Å². The van der Waals surface area contributed by atoms with Crippen molar-refractivity contribution in [2.75, 3.05) is 11.1 Å². The van der Waals surface area contributed by atoms with Gasteiger partial charge in [-0.15, -0.1) is 0 Å². The number of amides is 1. The second-order valence-corrected chi connectivity index (χ2v) is 7.60. The predicted octanol–water partition coefficient (Wildman–Crippen LogP) is 3.32. The molecule has 7 nitrogen and oxygen atoms in total. The van der Waals surface area contributed by atoms with Gasteiger partial charge in [0.1, 0.15) is 5.82 Å². The SMILES string of the molecule is Cc1ccc(C(=O)Nc2cc(C(C)(C)C)nn2C)cc1-c1cnc(N)nc1. The van der Waals surface area contributed by atoms with Gasteiger partial charge in [0.25, 0.3) is 5.91 Å². The predicted molar refractivity (Wildman–Crippen MR) is 106 cm³/mol. The van der Waals surface area contributed by atoms with Crippen LogP contribution in [0.2, 0.25) is 0 Å². The molecule has 3 rings (SSSR count). The molecule has 0 bridgehead atoms. The summed E-state index contributed by atoms with van der Waals surface area (Å²) < 4.78 is 1.68. The second-order valence-electron chi connectivity index (χ2n) is 7.60. The minimum absolute atomic E-state index is 0.0904. The number of hydrogen-bond acceptors (Lipinski definition) is 5. The molecule has 1 aromatic carbocycles. The molecule has 0 aliphatic rings. The van der Waals surface area contributed by atoms with E-state index in [1.807, 2.05) is 32.2 Å². The van der Waals surface area contributed by atoms with Crippen molar-refractivity contribution < 1.29 is 4.79 Å². The van der Waals surface area contributed by atoms with Crippen molar-refractivity contribution in [1.29, 1.82) is 0 Å². The minimum atomic E-state index is -0.198. The van der Waals surface area contributed by atoms with Gasteiger partial charge in [-0.25, -0.2) is 9.97 Å². The van der Waals surface area contributed by atoms with Crippen LogP contribution in [0.15, 0.2) is 36.7 Å². The number of carbonyl (C=O) groups is 1. The summed E-state index contributed by atoms with van der Waals surface area (Å²) in [5, 5.41) is 7.43. The van der Waals surface area contributed by atoms with E-state index in [2.05, 4.69) is 41.2 Å². The maximum Gasteiger partial charge on any atom is 0.256 e. The Morgan fingerprint density at radius 2 is 1.81 bits per heavy atom.